The molecule has 3 N–H and O–H groups in total. The standard InChI is InChI=1S/C14H20N4O3/c15-11-3-1-2-4-12(11)16-14(19)13-7-10(18(20)21)8-17(13)9-5-6-9/h7-9,11-12H,1-6,15H2,(H,16,19)/t11-,12-/m1/s1. The molecular formula is C14H20N4O3. The predicted molar refractivity (Wildman–Crippen MR) is 77.1 cm³/mol. The van der Waals surface area contributed by atoms with Crippen molar-refractivity contribution in [3.63, 3.8) is 0 Å². The van der Waals surface area contributed by atoms with Crippen LogP contribution in [-0.4, -0.2) is 27.5 Å². The van der Waals surface area contributed by atoms with Gasteiger partial charge < -0.3 is 15.6 Å². The molecule has 1 heterocycles. The highest BCUT2D eigenvalue weighted by molar-refractivity contribution is 5.94. The van der Waals surface area contributed by atoms with Crippen LogP contribution in [0.1, 0.15) is 55.1 Å². The highest BCUT2D eigenvalue weighted by Gasteiger charge is 2.32. The molecule has 2 aliphatic carbocycles. The van der Waals surface area contributed by atoms with E-state index in [1.54, 1.807) is 4.57 Å². The first-order chi connectivity index (χ1) is 10.1. The Hall–Kier alpha value is -1.89. The van der Waals surface area contributed by atoms with Gasteiger partial charge in [-0.3, -0.25) is 14.9 Å². The molecule has 0 aromatic carbocycles. The normalized spacial score (nSPS) is 25.6. The predicted octanol–water partition coefficient (Wildman–Crippen LogP) is 1.73. The molecule has 0 unspecified atom stereocenters. The lowest BCUT2D eigenvalue weighted by Gasteiger charge is -2.29. The molecule has 7 heteroatoms. The number of amides is 1. The van der Waals surface area contributed by atoms with E-state index in [4.69, 9.17) is 5.73 Å². The zero-order valence-electron chi connectivity index (χ0n) is 11.8. The molecule has 2 saturated carbocycles. The second-order valence-corrected chi connectivity index (χ2v) is 6.01. The Bertz CT molecular complexity index is 565. The maximum Gasteiger partial charge on any atom is 0.287 e. The smallest absolute Gasteiger partial charge is 0.287 e. The summed E-state index contributed by atoms with van der Waals surface area (Å²) in [6, 6.07) is 1.52. The van der Waals surface area contributed by atoms with E-state index in [0.29, 0.717) is 5.69 Å². The molecule has 0 radical (unpaired) electrons. The first kappa shape index (κ1) is 14.1. The minimum atomic E-state index is -0.456. The second kappa shape index (κ2) is 5.48. The third-order valence-electron chi connectivity index (χ3n) is 4.35. The monoisotopic (exact) mass is 292 g/mol. The van der Waals surface area contributed by atoms with Crippen LogP contribution < -0.4 is 11.1 Å². The van der Waals surface area contributed by atoms with Crippen molar-refractivity contribution in [2.45, 2.75) is 56.7 Å². The average molecular weight is 292 g/mol. The Kier molecular flexibility index (Phi) is 3.67. The van der Waals surface area contributed by atoms with Crippen LogP contribution in [-0.2, 0) is 0 Å². The molecule has 1 aromatic rings. The molecule has 2 aliphatic rings. The zero-order chi connectivity index (χ0) is 15.0. The Morgan fingerprint density at radius 1 is 1.33 bits per heavy atom. The summed E-state index contributed by atoms with van der Waals surface area (Å²) in [6.07, 6.45) is 7.34. The van der Waals surface area contributed by atoms with Gasteiger partial charge in [-0.05, 0) is 25.7 Å². The molecule has 1 amide bonds. The Balaban J connectivity index is 1.78. The molecule has 21 heavy (non-hydrogen) atoms. The van der Waals surface area contributed by atoms with Crippen molar-refractivity contribution in [1.29, 1.82) is 0 Å². The van der Waals surface area contributed by atoms with Crippen LogP contribution in [0.25, 0.3) is 0 Å². The lowest BCUT2D eigenvalue weighted by Crippen LogP contribution is -2.49. The topological polar surface area (TPSA) is 103 Å². The summed E-state index contributed by atoms with van der Waals surface area (Å²) < 4.78 is 1.74. The number of rotatable bonds is 4. The Morgan fingerprint density at radius 2 is 2.05 bits per heavy atom. The van der Waals surface area contributed by atoms with Crippen LogP contribution in [0.3, 0.4) is 0 Å². The Morgan fingerprint density at radius 3 is 2.67 bits per heavy atom. The van der Waals surface area contributed by atoms with Crippen LogP contribution in [0.4, 0.5) is 5.69 Å². The summed E-state index contributed by atoms with van der Waals surface area (Å²) >= 11 is 0. The number of nitro groups is 1. The van der Waals surface area contributed by atoms with Gasteiger partial charge in [0, 0.05) is 24.2 Å². The Labute approximate surface area is 122 Å². The summed E-state index contributed by atoms with van der Waals surface area (Å²) in [6.45, 7) is 0. The van der Waals surface area contributed by atoms with Gasteiger partial charge in [0.15, 0.2) is 0 Å². The van der Waals surface area contributed by atoms with Crippen LogP contribution in [0.5, 0.6) is 0 Å². The van der Waals surface area contributed by atoms with Crippen LogP contribution in [0, 0.1) is 10.1 Å². The van der Waals surface area contributed by atoms with Crippen LogP contribution >= 0.6 is 0 Å². The largest absolute Gasteiger partial charge is 0.346 e. The van der Waals surface area contributed by atoms with E-state index < -0.39 is 4.92 Å². The van der Waals surface area contributed by atoms with E-state index in [9.17, 15) is 14.9 Å². The summed E-state index contributed by atoms with van der Waals surface area (Å²) in [5, 5.41) is 13.9. The fourth-order valence-corrected chi connectivity index (χ4v) is 2.98. The van der Waals surface area contributed by atoms with Crippen LogP contribution in [0.2, 0.25) is 0 Å². The number of carbonyl (C=O) groups excluding carboxylic acids is 1. The quantitative estimate of drug-likeness (QED) is 0.651. The van der Waals surface area contributed by atoms with Gasteiger partial charge >= 0.3 is 0 Å². The number of carbonyl (C=O) groups is 1. The fraction of sp³-hybridized carbons (Fsp3) is 0.643. The number of aromatic nitrogens is 1. The highest BCUT2D eigenvalue weighted by Crippen LogP contribution is 2.38. The van der Waals surface area contributed by atoms with Crippen molar-refractivity contribution in [3.05, 3.63) is 28.1 Å². The average Bonchev–Trinajstić information content (AvgIpc) is 3.19. The SMILES string of the molecule is N[C@@H]1CCCC[C@H]1NC(=O)c1cc([N+](=O)[O-])cn1C1CC1. The van der Waals surface area contributed by atoms with E-state index in [1.807, 2.05) is 0 Å². The number of hydrogen-bond donors (Lipinski definition) is 2. The molecule has 0 saturated heterocycles. The van der Waals surface area contributed by atoms with E-state index in [2.05, 4.69) is 5.32 Å². The van der Waals surface area contributed by atoms with Gasteiger partial charge in [0.1, 0.15) is 5.69 Å². The molecule has 7 nitrogen and oxygen atoms in total. The van der Waals surface area contributed by atoms with Crippen molar-refractivity contribution >= 4 is 11.6 Å². The summed E-state index contributed by atoms with van der Waals surface area (Å²) in [7, 11) is 0. The van der Waals surface area contributed by atoms with Gasteiger partial charge in [-0.15, -0.1) is 0 Å². The highest BCUT2D eigenvalue weighted by atomic mass is 16.6. The molecule has 2 fully saturated rings. The fourth-order valence-electron chi connectivity index (χ4n) is 2.98. The van der Waals surface area contributed by atoms with Gasteiger partial charge in [-0.1, -0.05) is 12.8 Å². The van der Waals surface area contributed by atoms with Gasteiger partial charge in [0.05, 0.1) is 11.1 Å². The van der Waals surface area contributed by atoms with Gasteiger partial charge in [-0.25, -0.2) is 0 Å². The van der Waals surface area contributed by atoms with Crippen molar-refractivity contribution in [2.75, 3.05) is 0 Å². The molecule has 3 rings (SSSR count). The minimum absolute atomic E-state index is 0.0259. The van der Waals surface area contributed by atoms with Crippen molar-refractivity contribution in [1.82, 2.24) is 9.88 Å². The van der Waals surface area contributed by atoms with Gasteiger partial charge in [-0.2, -0.15) is 0 Å². The molecule has 1 aromatic heterocycles. The van der Waals surface area contributed by atoms with Crippen LogP contribution in [0.15, 0.2) is 12.3 Å². The van der Waals surface area contributed by atoms with Crippen molar-refractivity contribution in [3.8, 4) is 0 Å². The van der Waals surface area contributed by atoms with Crippen molar-refractivity contribution < 1.29 is 9.72 Å². The summed E-state index contributed by atoms with van der Waals surface area (Å²) in [4.78, 5) is 22.9. The number of hydrogen-bond acceptors (Lipinski definition) is 4. The lowest BCUT2D eigenvalue weighted by molar-refractivity contribution is -0.384. The number of nitrogens with two attached hydrogens (primary N) is 1. The summed E-state index contributed by atoms with van der Waals surface area (Å²) in [5.41, 5.74) is 6.39. The van der Waals surface area contributed by atoms with E-state index >= 15 is 0 Å². The maximum atomic E-state index is 12.4. The summed E-state index contributed by atoms with van der Waals surface area (Å²) in [5.74, 6) is -0.252. The number of nitrogens with zero attached hydrogens (tertiary/aromatic N) is 2. The zero-order valence-corrected chi connectivity index (χ0v) is 11.8. The van der Waals surface area contributed by atoms with Gasteiger partial charge in [0.2, 0.25) is 0 Å². The second-order valence-electron chi connectivity index (χ2n) is 6.01. The third-order valence-corrected chi connectivity index (χ3v) is 4.35. The van der Waals surface area contributed by atoms with Gasteiger partial charge in [0.25, 0.3) is 11.6 Å². The minimum Gasteiger partial charge on any atom is -0.346 e. The number of nitrogens with one attached hydrogen (secondary N) is 1. The van der Waals surface area contributed by atoms with E-state index in [0.717, 1.165) is 38.5 Å². The molecule has 2 atom stereocenters. The molecule has 0 bridgehead atoms. The molecular weight excluding hydrogens is 272 g/mol. The van der Waals surface area contributed by atoms with E-state index in [-0.39, 0.29) is 29.7 Å². The maximum absolute atomic E-state index is 12.4. The molecule has 0 aliphatic heterocycles. The first-order valence-corrected chi connectivity index (χ1v) is 7.49. The lowest BCUT2D eigenvalue weighted by atomic mass is 9.91. The third kappa shape index (κ3) is 2.92. The first-order valence-electron chi connectivity index (χ1n) is 7.49. The molecule has 0 spiro atoms. The molecule has 114 valence electrons. The van der Waals surface area contributed by atoms with E-state index in [1.165, 1.54) is 12.3 Å². The van der Waals surface area contributed by atoms with Crippen molar-refractivity contribution in [2.24, 2.45) is 5.73 Å².